The summed E-state index contributed by atoms with van der Waals surface area (Å²) in [5.41, 5.74) is 1.21. The molecule has 26 heavy (non-hydrogen) atoms. The smallest absolute Gasteiger partial charge is 0.263 e. The number of hydrogen-bond acceptors (Lipinski definition) is 5. The summed E-state index contributed by atoms with van der Waals surface area (Å²) in [6.45, 7) is 2.77. The third kappa shape index (κ3) is 4.23. The van der Waals surface area contributed by atoms with Crippen molar-refractivity contribution in [1.82, 2.24) is 19.9 Å². The van der Waals surface area contributed by atoms with Crippen LogP contribution in [-0.4, -0.2) is 26.2 Å². The van der Waals surface area contributed by atoms with Gasteiger partial charge in [0.05, 0.1) is 11.1 Å². The molecule has 0 aliphatic rings. The first-order chi connectivity index (χ1) is 12.6. The minimum absolute atomic E-state index is 0.136. The van der Waals surface area contributed by atoms with Crippen LogP contribution in [0.25, 0.3) is 11.0 Å². The van der Waals surface area contributed by atoms with E-state index in [1.54, 1.807) is 35.0 Å². The largest absolute Gasteiger partial charge is 0.351 e. The number of halogens is 1. The number of hydrogen-bond donors (Lipinski definition) is 1. The van der Waals surface area contributed by atoms with Gasteiger partial charge in [0, 0.05) is 24.3 Å². The first kappa shape index (κ1) is 18.4. The normalized spacial score (nSPS) is 10.8. The fraction of sp³-hybridized carbons (Fsp3) is 0.222. The van der Waals surface area contributed by atoms with Crippen molar-refractivity contribution >= 4 is 40.3 Å². The Hall–Kier alpha value is -2.38. The molecular weight excluding hydrogens is 372 g/mol. The van der Waals surface area contributed by atoms with Crippen LogP contribution in [0.4, 0.5) is 0 Å². The van der Waals surface area contributed by atoms with E-state index in [-0.39, 0.29) is 17.2 Å². The maximum Gasteiger partial charge on any atom is 0.263 e. The van der Waals surface area contributed by atoms with E-state index >= 15 is 0 Å². The maximum absolute atomic E-state index is 12.5. The monoisotopic (exact) mass is 388 g/mol. The molecule has 0 bridgehead atoms. The summed E-state index contributed by atoms with van der Waals surface area (Å²) in [5.74, 6) is 0.0289. The van der Waals surface area contributed by atoms with Crippen LogP contribution in [0.5, 0.6) is 0 Å². The lowest BCUT2D eigenvalue weighted by molar-refractivity contribution is -0.118. The summed E-state index contributed by atoms with van der Waals surface area (Å²) in [5, 5.41) is 4.47. The molecular formula is C18H17ClN4O2S. The van der Waals surface area contributed by atoms with E-state index in [1.807, 2.05) is 19.1 Å². The summed E-state index contributed by atoms with van der Waals surface area (Å²) in [7, 11) is 0. The van der Waals surface area contributed by atoms with Gasteiger partial charge in [-0.25, -0.2) is 9.97 Å². The molecule has 0 saturated carbocycles. The van der Waals surface area contributed by atoms with E-state index < -0.39 is 0 Å². The number of fused-ring (bicyclic) bond motifs is 1. The number of rotatable bonds is 6. The Morgan fingerprint density at radius 2 is 2.04 bits per heavy atom. The van der Waals surface area contributed by atoms with Crippen molar-refractivity contribution in [2.75, 3.05) is 5.75 Å². The summed E-state index contributed by atoms with van der Waals surface area (Å²) >= 11 is 7.07. The van der Waals surface area contributed by atoms with E-state index in [4.69, 9.17) is 11.6 Å². The molecule has 6 nitrogen and oxygen atoms in total. The van der Waals surface area contributed by atoms with Crippen molar-refractivity contribution in [3.63, 3.8) is 0 Å². The molecule has 0 aliphatic carbocycles. The van der Waals surface area contributed by atoms with Crippen molar-refractivity contribution in [2.45, 2.75) is 25.2 Å². The molecule has 0 aliphatic heterocycles. The average Bonchev–Trinajstić information content (AvgIpc) is 2.66. The highest BCUT2D eigenvalue weighted by Crippen LogP contribution is 2.16. The van der Waals surface area contributed by atoms with E-state index in [0.29, 0.717) is 34.3 Å². The maximum atomic E-state index is 12.5. The number of nitrogens with zero attached hydrogens (tertiary/aromatic N) is 3. The summed E-state index contributed by atoms with van der Waals surface area (Å²) in [6.07, 6.45) is 1.60. The van der Waals surface area contributed by atoms with Crippen LogP contribution in [0.1, 0.15) is 12.5 Å². The second-order valence-corrected chi connectivity index (χ2v) is 6.89. The third-order valence-electron chi connectivity index (χ3n) is 3.75. The first-order valence-corrected chi connectivity index (χ1v) is 9.44. The Bertz CT molecular complexity index is 989. The Morgan fingerprint density at radius 3 is 2.77 bits per heavy atom. The fourth-order valence-electron chi connectivity index (χ4n) is 2.41. The Balaban J connectivity index is 1.68. The lowest BCUT2D eigenvalue weighted by atomic mass is 10.2. The molecule has 2 aromatic heterocycles. The molecule has 3 aromatic rings. The van der Waals surface area contributed by atoms with Crippen molar-refractivity contribution < 1.29 is 4.79 Å². The number of thioether (sulfide) groups is 1. The number of nitrogens with one attached hydrogen (secondary N) is 1. The predicted octanol–water partition coefficient (Wildman–Crippen LogP) is 2.87. The SMILES string of the molecule is CCn1c(SCC(=O)NCc2ccc(Cl)cc2)nc2ncccc2c1=O. The molecule has 134 valence electrons. The van der Waals surface area contributed by atoms with Gasteiger partial charge in [-0.05, 0) is 36.8 Å². The highest BCUT2D eigenvalue weighted by Gasteiger charge is 2.12. The zero-order valence-electron chi connectivity index (χ0n) is 14.1. The van der Waals surface area contributed by atoms with Gasteiger partial charge in [-0.15, -0.1) is 0 Å². The number of carbonyl (C=O) groups is 1. The van der Waals surface area contributed by atoms with Crippen LogP contribution >= 0.6 is 23.4 Å². The van der Waals surface area contributed by atoms with Crippen LogP contribution in [0.3, 0.4) is 0 Å². The second-order valence-electron chi connectivity index (χ2n) is 5.51. The number of pyridine rings is 1. The number of aromatic nitrogens is 3. The Morgan fingerprint density at radius 1 is 1.27 bits per heavy atom. The molecule has 1 N–H and O–H groups in total. The topological polar surface area (TPSA) is 76.9 Å². The van der Waals surface area contributed by atoms with E-state index in [0.717, 1.165) is 5.56 Å². The van der Waals surface area contributed by atoms with Gasteiger partial charge in [-0.1, -0.05) is 35.5 Å². The van der Waals surface area contributed by atoms with Gasteiger partial charge < -0.3 is 5.32 Å². The summed E-state index contributed by atoms with van der Waals surface area (Å²) < 4.78 is 1.56. The van der Waals surface area contributed by atoms with Gasteiger partial charge in [0.15, 0.2) is 10.8 Å². The molecule has 8 heteroatoms. The van der Waals surface area contributed by atoms with Crippen LogP contribution in [-0.2, 0) is 17.9 Å². The standard InChI is InChI=1S/C18H17ClN4O2S/c1-2-23-17(25)14-4-3-9-20-16(14)22-18(23)26-11-15(24)21-10-12-5-7-13(19)8-6-12/h3-9H,2,10-11H2,1H3,(H,21,24). The summed E-state index contributed by atoms with van der Waals surface area (Å²) in [4.78, 5) is 33.2. The first-order valence-electron chi connectivity index (χ1n) is 8.08. The molecule has 2 heterocycles. The summed E-state index contributed by atoms with van der Waals surface area (Å²) in [6, 6.07) is 10.7. The number of amides is 1. The molecule has 0 spiro atoms. The molecule has 0 radical (unpaired) electrons. The van der Waals surface area contributed by atoms with Gasteiger partial charge in [-0.3, -0.25) is 14.2 Å². The van der Waals surface area contributed by atoms with E-state index in [2.05, 4.69) is 15.3 Å². The molecule has 0 atom stereocenters. The zero-order chi connectivity index (χ0) is 18.5. The Labute approximate surface area is 159 Å². The minimum atomic E-state index is -0.144. The molecule has 0 saturated heterocycles. The van der Waals surface area contributed by atoms with Crippen LogP contribution in [0, 0.1) is 0 Å². The highest BCUT2D eigenvalue weighted by atomic mass is 35.5. The zero-order valence-corrected chi connectivity index (χ0v) is 15.7. The average molecular weight is 389 g/mol. The van der Waals surface area contributed by atoms with Gasteiger partial charge >= 0.3 is 0 Å². The molecule has 0 fully saturated rings. The van der Waals surface area contributed by atoms with Gasteiger partial charge in [0.2, 0.25) is 5.91 Å². The lowest BCUT2D eigenvalue weighted by Gasteiger charge is -2.10. The second kappa shape index (κ2) is 8.33. The van der Waals surface area contributed by atoms with E-state index in [9.17, 15) is 9.59 Å². The highest BCUT2D eigenvalue weighted by molar-refractivity contribution is 7.99. The molecule has 0 unspecified atom stereocenters. The van der Waals surface area contributed by atoms with Gasteiger partial charge in [-0.2, -0.15) is 0 Å². The molecule has 1 amide bonds. The fourth-order valence-corrected chi connectivity index (χ4v) is 3.42. The van der Waals surface area contributed by atoms with Gasteiger partial charge in [0.1, 0.15) is 0 Å². The Kier molecular flexibility index (Phi) is 5.90. The van der Waals surface area contributed by atoms with Gasteiger partial charge in [0.25, 0.3) is 5.56 Å². The van der Waals surface area contributed by atoms with Crippen LogP contribution < -0.4 is 10.9 Å². The van der Waals surface area contributed by atoms with Crippen molar-refractivity contribution in [3.8, 4) is 0 Å². The lowest BCUT2D eigenvalue weighted by Crippen LogP contribution is -2.26. The minimum Gasteiger partial charge on any atom is -0.351 e. The predicted molar refractivity (Wildman–Crippen MR) is 103 cm³/mol. The quantitative estimate of drug-likeness (QED) is 0.519. The van der Waals surface area contributed by atoms with Crippen molar-refractivity contribution in [1.29, 1.82) is 0 Å². The number of carbonyl (C=O) groups excluding carboxylic acids is 1. The third-order valence-corrected chi connectivity index (χ3v) is 4.97. The van der Waals surface area contributed by atoms with Crippen LogP contribution in [0.15, 0.2) is 52.5 Å². The number of benzene rings is 1. The molecule has 3 rings (SSSR count). The molecule has 1 aromatic carbocycles. The van der Waals surface area contributed by atoms with Crippen molar-refractivity contribution in [2.24, 2.45) is 0 Å². The van der Waals surface area contributed by atoms with Crippen molar-refractivity contribution in [3.05, 3.63) is 63.5 Å². The van der Waals surface area contributed by atoms with E-state index in [1.165, 1.54) is 11.8 Å². The van der Waals surface area contributed by atoms with Crippen LogP contribution in [0.2, 0.25) is 5.02 Å².